The molecule has 80 valence electrons. The molecule has 0 rings (SSSR count). The Balaban J connectivity index is 4.41. The van der Waals surface area contributed by atoms with Crippen LogP contribution in [0.15, 0.2) is 0 Å². The summed E-state index contributed by atoms with van der Waals surface area (Å²) < 4.78 is 24.7. The molecule has 0 aliphatic carbocycles. The van der Waals surface area contributed by atoms with Crippen LogP contribution in [-0.4, -0.2) is 44.7 Å². The number of hydrogen-bond acceptors (Lipinski definition) is 5. The molecule has 0 atom stereocenters. The summed E-state index contributed by atoms with van der Waals surface area (Å²) in [6.07, 6.45) is 0. The van der Waals surface area contributed by atoms with Crippen molar-refractivity contribution in [2.24, 2.45) is 0 Å². The van der Waals surface area contributed by atoms with Gasteiger partial charge in [-0.2, -0.15) is 0 Å². The molecule has 0 amide bonds. The van der Waals surface area contributed by atoms with Crippen LogP contribution in [0.25, 0.3) is 0 Å². The average molecular weight is 267 g/mol. The van der Waals surface area contributed by atoms with E-state index in [1.54, 1.807) is 0 Å². The summed E-state index contributed by atoms with van der Waals surface area (Å²) >= 11 is 11.4. The first-order valence-electron chi connectivity index (χ1n) is 3.24. The van der Waals surface area contributed by atoms with Gasteiger partial charge in [0.1, 0.15) is 0 Å². The van der Waals surface area contributed by atoms with Crippen molar-refractivity contribution >= 4 is 38.4 Å². The molecule has 0 bridgehead atoms. The van der Waals surface area contributed by atoms with Crippen LogP contribution in [0.2, 0.25) is 0 Å². The lowest BCUT2D eigenvalue weighted by Crippen LogP contribution is -2.53. The van der Waals surface area contributed by atoms with Crippen LogP contribution >= 0.6 is 22.2 Å². The largest absolute Gasteiger partial charge is 0.671 e. The Morgan fingerprint density at radius 3 is 1.38 bits per heavy atom. The summed E-state index contributed by atoms with van der Waals surface area (Å²) in [6, 6.07) is 0. The molecule has 0 unspecified atom stereocenters. The molecule has 0 aromatic carbocycles. The third-order valence-electron chi connectivity index (χ3n) is 1.23. The smallest absolute Gasteiger partial charge is 0.375 e. The molecule has 0 radical (unpaired) electrons. The highest BCUT2D eigenvalue weighted by atomic mass is 35.7. The van der Waals surface area contributed by atoms with Crippen LogP contribution in [0.1, 0.15) is 0 Å². The summed E-state index contributed by atoms with van der Waals surface area (Å²) in [5, 5.41) is 0. The Morgan fingerprint density at radius 1 is 0.769 bits per heavy atom. The zero-order valence-electron chi connectivity index (χ0n) is 7.80. The summed E-state index contributed by atoms with van der Waals surface area (Å²) in [5.74, 6) is 0. The topological polar surface area (TPSA) is 46.2 Å². The second-order valence-electron chi connectivity index (χ2n) is 1.88. The first kappa shape index (κ1) is 13.8. The van der Waals surface area contributed by atoms with E-state index in [1.807, 2.05) is 0 Å². The average Bonchev–Trinajstić information content (AvgIpc) is 2.14. The van der Waals surface area contributed by atoms with Gasteiger partial charge in [0.2, 0.25) is 0 Å². The lowest BCUT2D eigenvalue weighted by atomic mass is 11.8. The molecule has 13 heavy (non-hydrogen) atoms. The van der Waals surface area contributed by atoms with Gasteiger partial charge >= 0.3 is 16.2 Å². The molecule has 9 heteroatoms. The van der Waals surface area contributed by atoms with E-state index < -0.39 is 16.2 Å². The van der Waals surface area contributed by atoms with Crippen molar-refractivity contribution in [2.75, 3.05) is 28.4 Å². The maximum atomic E-state index is 5.70. The molecule has 0 N–H and O–H groups in total. The lowest BCUT2D eigenvalue weighted by Gasteiger charge is -2.27. The van der Waals surface area contributed by atoms with E-state index in [0.717, 1.165) is 0 Å². The lowest BCUT2D eigenvalue weighted by molar-refractivity contribution is 0.0426. The van der Waals surface area contributed by atoms with Crippen LogP contribution in [-0.2, 0) is 21.8 Å². The zero-order valence-corrected chi connectivity index (χ0v) is 11.3. The van der Waals surface area contributed by atoms with Gasteiger partial charge in [0.05, 0.1) is 0 Å². The molecule has 0 saturated heterocycles. The Morgan fingerprint density at radius 2 is 1.15 bits per heavy atom. The van der Waals surface area contributed by atoms with Gasteiger partial charge in [0, 0.05) is 28.4 Å². The summed E-state index contributed by atoms with van der Waals surface area (Å²) in [4.78, 5) is 0. The van der Waals surface area contributed by atoms with Crippen molar-refractivity contribution in [1.82, 2.24) is 0 Å². The summed E-state index contributed by atoms with van der Waals surface area (Å²) in [5.41, 5.74) is 0. The van der Waals surface area contributed by atoms with E-state index in [1.165, 1.54) is 28.4 Å². The predicted octanol–water partition coefficient (Wildman–Crippen LogP) is 0.937. The summed E-state index contributed by atoms with van der Waals surface area (Å²) in [6.45, 7) is 0. The van der Waals surface area contributed by atoms with Crippen molar-refractivity contribution in [1.29, 1.82) is 0 Å². The van der Waals surface area contributed by atoms with Crippen LogP contribution in [0.5, 0.6) is 0 Å². The van der Waals surface area contributed by atoms with Crippen molar-refractivity contribution in [2.45, 2.75) is 0 Å². The Hall–Kier alpha value is 0.814. The van der Waals surface area contributed by atoms with Crippen LogP contribution in [0.4, 0.5) is 0 Å². The van der Waals surface area contributed by atoms with Crippen molar-refractivity contribution in [3.8, 4) is 0 Å². The van der Waals surface area contributed by atoms with Crippen molar-refractivity contribution in [3.63, 3.8) is 0 Å². The molecule has 5 nitrogen and oxygen atoms in total. The minimum Gasteiger partial charge on any atom is -0.375 e. The minimum absolute atomic E-state index is 1.34. The highest BCUT2D eigenvalue weighted by Gasteiger charge is 2.52. The second-order valence-corrected chi connectivity index (χ2v) is 9.82. The van der Waals surface area contributed by atoms with Crippen molar-refractivity contribution in [3.05, 3.63) is 0 Å². The van der Waals surface area contributed by atoms with Gasteiger partial charge in [-0.3, -0.25) is 0 Å². The summed E-state index contributed by atoms with van der Waals surface area (Å²) in [7, 11) is -0.959. The van der Waals surface area contributed by atoms with Gasteiger partial charge < -0.3 is 21.8 Å². The molecule has 0 saturated carbocycles. The fraction of sp³-hybridized carbons (Fsp3) is 1.00. The van der Waals surface area contributed by atoms with Gasteiger partial charge in [-0.15, -0.1) is 0 Å². The molecule has 0 aliphatic heterocycles. The Kier molecular flexibility index (Phi) is 5.99. The van der Waals surface area contributed by atoms with E-state index in [4.69, 9.17) is 44.0 Å². The molecule has 0 heterocycles. The van der Waals surface area contributed by atoms with Gasteiger partial charge in [-0.25, -0.2) is 0 Å². The van der Waals surface area contributed by atoms with Crippen molar-refractivity contribution < 1.29 is 21.8 Å². The normalized spacial score (nSPS) is 13.4. The third-order valence-corrected chi connectivity index (χ3v) is 7.47. The quantitative estimate of drug-likeness (QED) is 0.529. The first-order valence-corrected chi connectivity index (χ1v) is 8.71. The van der Waals surface area contributed by atoms with Crippen LogP contribution in [0, 0.1) is 0 Å². The molecule has 0 aromatic rings. The maximum Gasteiger partial charge on any atom is 0.671 e. The highest BCUT2D eigenvalue weighted by molar-refractivity contribution is 7.40. The van der Waals surface area contributed by atoms with E-state index in [9.17, 15) is 0 Å². The second kappa shape index (κ2) is 5.64. The minimum atomic E-state index is -3.24. The van der Waals surface area contributed by atoms with Crippen LogP contribution < -0.4 is 0 Å². The van der Waals surface area contributed by atoms with Gasteiger partial charge in [0.15, 0.2) is 0 Å². The number of rotatable bonds is 6. The van der Waals surface area contributed by atoms with Gasteiger partial charge in [-0.05, 0) is 0 Å². The molecule has 0 fully saturated rings. The van der Waals surface area contributed by atoms with E-state index in [0.29, 0.717) is 0 Å². The van der Waals surface area contributed by atoms with E-state index in [2.05, 4.69) is 0 Å². The number of halogens is 2. The Labute approximate surface area is 88.9 Å². The van der Waals surface area contributed by atoms with Gasteiger partial charge in [0.25, 0.3) is 0 Å². The van der Waals surface area contributed by atoms with E-state index in [-0.39, 0.29) is 0 Å². The third kappa shape index (κ3) is 4.23. The van der Waals surface area contributed by atoms with Crippen LogP contribution in [0.3, 0.4) is 0 Å². The fourth-order valence-corrected chi connectivity index (χ4v) is 5.26. The molecule has 0 aromatic heterocycles. The molecular formula is C4H12Cl2O5Si2. The Bertz CT molecular complexity index is 145. The molecule has 0 spiro atoms. The first-order chi connectivity index (χ1) is 5.95. The predicted molar refractivity (Wildman–Crippen MR) is 52.3 cm³/mol. The van der Waals surface area contributed by atoms with E-state index >= 15 is 0 Å². The fourth-order valence-electron chi connectivity index (χ4n) is 0.562. The molecule has 0 aliphatic rings. The number of hydrogen-bond donors (Lipinski definition) is 0. The zero-order chi connectivity index (χ0) is 10.5. The monoisotopic (exact) mass is 266 g/mol. The maximum absolute atomic E-state index is 5.70. The van der Waals surface area contributed by atoms with Gasteiger partial charge in [-0.1, -0.05) is 22.2 Å². The SMILES string of the molecule is CO[Si](Cl)(Cl)O[Si](OC)(OC)OC. The highest BCUT2D eigenvalue weighted by Crippen LogP contribution is 2.23. The molecular weight excluding hydrogens is 255 g/mol. The standard InChI is InChI=1S/C4H12Cl2O5Si2/c1-7-12(5,6)11-13(8-2,9-3)10-4/h1-4H3.